The summed E-state index contributed by atoms with van der Waals surface area (Å²) in [6.07, 6.45) is 6.94. The van der Waals surface area contributed by atoms with Crippen molar-refractivity contribution in [1.82, 2.24) is 0 Å². The van der Waals surface area contributed by atoms with Gasteiger partial charge in [-0.3, -0.25) is 9.59 Å². The SMILES string of the molecule is NC(=O)/C(=C/[C@H]1CCC(=O)C1)c1ccc(S(=O)(=O)C2CC2)c(C2CC2)c1. The van der Waals surface area contributed by atoms with Gasteiger partial charge in [0.05, 0.1) is 10.1 Å². The normalized spacial score (nSPS) is 24.1. The molecule has 2 N–H and O–H groups in total. The number of amides is 1. The van der Waals surface area contributed by atoms with Gasteiger partial charge in [-0.05, 0) is 67.2 Å². The Labute approximate surface area is 153 Å². The number of ketones is 1. The van der Waals surface area contributed by atoms with E-state index in [2.05, 4.69) is 0 Å². The molecule has 5 nitrogen and oxygen atoms in total. The van der Waals surface area contributed by atoms with Gasteiger partial charge < -0.3 is 5.73 Å². The third kappa shape index (κ3) is 3.34. The van der Waals surface area contributed by atoms with Gasteiger partial charge in [0.15, 0.2) is 9.84 Å². The maximum Gasteiger partial charge on any atom is 0.248 e. The van der Waals surface area contributed by atoms with Crippen molar-refractivity contribution < 1.29 is 18.0 Å². The molecule has 4 rings (SSSR count). The van der Waals surface area contributed by atoms with Gasteiger partial charge in [-0.1, -0.05) is 12.1 Å². The largest absolute Gasteiger partial charge is 0.366 e. The molecule has 0 heterocycles. The standard InChI is InChI=1S/C20H23NO4S/c21-20(23)18(10-12-1-5-15(22)9-12)14-4-8-19(17(11-14)13-2-3-13)26(24,25)16-6-7-16/h4,8,10-13,16H,1-3,5-7,9H2,(H2,21,23)/b18-10+/t12-/m0/s1. The minimum atomic E-state index is -3.27. The Morgan fingerprint density at radius 3 is 2.38 bits per heavy atom. The van der Waals surface area contributed by atoms with E-state index >= 15 is 0 Å². The van der Waals surface area contributed by atoms with E-state index in [1.54, 1.807) is 18.2 Å². The van der Waals surface area contributed by atoms with Crippen molar-refractivity contribution in [1.29, 1.82) is 0 Å². The van der Waals surface area contributed by atoms with Gasteiger partial charge in [-0.2, -0.15) is 0 Å². The van der Waals surface area contributed by atoms with Crippen molar-refractivity contribution >= 4 is 27.1 Å². The van der Waals surface area contributed by atoms with Crippen LogP contribution in [0.4, 0.5) is 0 Å². The molecule has 0 aliphatic heterocycles. The van der Waals surface area contributed by atoms with Crippen LogP contribution in [0.3, 0.4) is 0 Å². The number of carbonyl (C=O) groups is 2. The number of benzene rings is 1. The third-order valence-electron chi connectivity index (χ3n) is 5.56. The number of carbonyl (C=O) groups excluding carboxylic acids is 2. The van der Waals surface area contributed by atoms with Gasteiger partial charge in [0.1, 0.15) is 5.78 Å². The van der Waals surface area contributed by atoms with Crippen molar-refractivity contribution in [2.45, 2.75) is 61.0 Å². The van der Waals surface area contributed by atoms with Gasteiger partial charge in [-0.15, -0.1) is 0 Å². The first-order valence-electron chi connectivity index (χ1n) is 9.28. The number of Topliss-reactive ketones (excluding diaryl/α,β-unsaturated/α-hetero) is 1. The number of primary amides is 1. The van der Waals surface area contributed by atoms with E-state index < -0.39 is 15.7 Å². The number of allylic oxidation sites excluding steroid dienone is 1. The second-order valence-corrected chi connectivity index (χ2v) is 9.95. The van der Waals surface area contributed by atoms with Crippen molar-refractivity contribution in [3.8, 4) is 0 Å². The zero-order valence-electron chi connectivity index (χ0n) is 14.6. The fraction of sp³-hybridized carbons (Fsp3) is 0.500. The summed E-state index contributed by atoms with van der Waals surface area (Å²) in [4.78, 5) is 23.9. The summed E-state index contributed by atoms with van der Waals surface area (Å²) < 4.78 is 25.5. The number of sulfone groups is 1. The monoisotopic (exact) mass is 373 g/mol. The quantitative estimate of drug-likeness (QED) is 0.776. The first-order valence-corrected chi connectivity index (χ1v) is 10.8. The highest BCUT2D eigenvalue weighted by molar-refractivity contribution is 7.92. The number of nitrogens with two attached hydrogens (primary N) is 1. The smallest absolute Gasteiger partial charge is 0.248 e. The van der Waals surface area contributed by atoms with E-state index in [0.29, 0.717) is 28.9 Å². The zero-order chi connectivity index (χ0) is 18.5. The van der Waals surface area contributed by atoms with Crippen molar-refractivity contribution in [3.05, 3.63) is 35.4 Å². The van der Waals surface area contributed by atoms with E-state index in [4.69, 9.17) is 5.73 Å². The molecule has 0 bridgehead atoms. The molecule has 1 atom stereocenters. The second kappa shape index (κ2) is 6.34. The molecule has 1 amide bonds. The van der Waals surface area contributed by atoms with Crippen molar-refractivity contribution in [2.75, 3.05) is 0 Å². The van der Waals surface area contributed by atoms with E-state index in [9.17, 15) is 18.0 Å². The fourth-order valence-corrected chi connectivity index (χ4v) is 5.72. The molecule has 3 saturated carbocycles. The Balaban J connectivity index is 1.74. The number of hydrogen-bond donors (Lipinski definition) is 1. The van der Waals surface area contributed by atoms with E-state index in [0.717, 1.165) is 37.7 Å². The van der Waals surface area contributed by atoms with Gasteiger partial charge in [-0.25, -0.2) is 8.42 Å². The van der Waals surface area contributed by atoms with Gasteiger partial charge in [0.25, 0.3) is 0 Å². The Kier molecular flexibility index (Phi) is 4.26. The number of hydrogen-bond acceptors (Lipinski definition) is 4. The second-order valence-electron chi connectivity index (χ2n) is 7.76. The fourth-order valence-electron chi connectivity index (χ4n) is 3.79. The lowest BCUT2D eigenvalue weighted by Gasteiger charge is -2.13. The van der Waals surface area contributed by atoms with Crippen LogP contribution in [0.5, 0.6) is 0 Å². The first-order chi connectivity index (χ1) is 12.4. The van der Waals surface area contributed by atoms with Crippen LogP contribution in [0.15, 0.2) is 29.2 Å². The van der Waals surface area contributed by atoms with Crippen LogP contribution in [-0.4, -0.2) is 25.4 Å². The molecule has 138 valence electrons. The van der Waals surface area contributed by atoms with Crippen LogP contribution in [0.2, 0.25) is 0 Å². The molecular weight excluding hydrogens is 350 g/mol. The van der Waals surface area contributed by atoms with Crippen LogP contribution < -0.4 is 5.73 Å². The first kappa shape index (κ1) is 17.5. The van der Waals surface area contributed by atoms with Crippen LogP contribution in [-0.2, 0) is 19.4 Å². The minimum Gasteiger partial charge on any atom is -0.366 e. The predicted octanol–water partition coefficient (Wildman–Crippen LogP) is 2.74. The molecule has 0 unspecified atom stereocenters. The van der Waals surface area contributed by atoms with Crippen LogP contribution in [0.1, 0.15) is 62.0 Å². The zero-order valence-corrected chi connectivity index (χ0v) is 15.4. The highest BCUT2D eigenvalue weighted by atomic mass is 32.2. The molecule has 1 aromatic carbocycles. The number of rotatable bonds is 6. The molecule has 0 radical (unpaired) electrons. The average Bonchev–Trinajstić information content (AvgIpc) is 3.49. The lowest BCUT2D eigenvalue weighted by Crippen LogP contribution is -2.15. The summed E-state index contributed by atoms with van der Waals surface area (Å²) in [5.41, 5.74) is 7.47. The summed E-state index contributed by atoms with van der Waals surface area (Å²) in [6, 6.07) is 5.17. The highest BCUT2D eigenvalue weighted by Crippen LogP contribution is 2.46. The highest BCUT2D eigenvalue weighted by Gasteiger charge is 2.40. The molecule has 3 aliphatic carbocycles. The predicted molar refractivity (Wildman–Crippen MR) is 98.1 cm³/mol. The Morgan fingerprint density at radius 2 is 1.85 bits per heavy atom. The molecule has 6 heteroatoms. The topological polar surface area (TPSA) is 94.3 Å². The lowest BCUT2D eigenvalue weighted by molar-refractivity contribution is -0.117. The molecule has 0 saturated heterocycles. The molecular formula is C20H23NO4S. The van der Waals surface area contributed by atoms with Gasteiger partial charge in [0.2, 0.25) is 5.91 Å². The third-order valence-corrected chi connectivity index (χ3v) is 7.89. The maximum absolute atomic E-state index is 12.7. The maximum atomic E-state index is 12.7. The summed E-state index contributed by atoms with van der Waals surface area (Å²) in [6.45, 7) is 0. The van der Waals surface area contributed by atoms with Crippen LogP contribution in [0.25, 0.3) is 5.57 Å². The molecule has 0 aromatic heterocycles. The Morgan fingerprint density at radius 1 is 1.12 bits per heavy atom. The average molecular weight is 373 g/mol. The summed E-state index contributed by atoms with van der Waals surface area (Å²) in [7, 11) is -3.27. The van der Waals surface area contributed by atoms with Crippen molar-refractivity contribution in [3.63, 3.8) is 0 Å². The molecule has 0 spiro atoms. The van der Waals surface area contributed by atoms with Crippen LogP contribution >= 0.6 is 0 Å². The Hall–Kier alpha value is -1.95. The van der Waals surface area contributed by atoms with E-state index in [1.165, 1.54) is 0 Å². The lowest BCUT2D eigenvalue weighted by atomic mass is 9.96. The molecule has 26 heavy (non-hydrogen) atoms. The molecule has 3 aliphatic rings. The van der Waals surface area contributed by atoms with Crippen molar-refractivity contribution in [2.24, 2.45) is 11.7 Å². The summed E-state index contributed by atoms with van der Waals surface area (Å²) in [5.74, 6) is -0.0478. The van der Waals surface area contributed by atoms with E-state index in [-0.39, 0.29) is 22.9 Å². The molecule has 3 fully saturated rings. The minimum absolute atomic E-state index is 0.0317. The molecule has 1 aromatic rings. The van der Waals surface area contributed by atoms with Gasteiger partial charge in [0, 0.05) is 18.4 Å². The summed E-state index contributed by atoms with van der Waals surface area (Å²) in [5, 5.41) is -0.249. The summed E-state index contributed by atoms with van der Waals surface area (Å²) >= 11 is 0. The van der Waals surface area contributed by atoms with Gasteiger partial charge >= 0.3 is 0 Å². The van der Waals surface area contributed by atoms with Crippen LogP contribution in [0, 0.1) is 5.92 Å². The Bertz CT molecular complexity index is 908. The van der Waals surface area contributed by atoms with E-state index in [1.807, 2.05) is 6.07 Å².